The summed E-state index contributed by atoms with van der Waals surface area (Å²) in [4.78, 5) is 25.8. The topological polar surface area (TPSA) is 34.1 Å². The molecule has 0 aromatic heterocycles. The third-order valence-electron chi connectivity index (χ3n) is 9.82. The van der Waals surface area contributed by atoms with Gasteiger partial charge < -0.3 is 0 Å². The summed E-state index contributed by atoms with van der Waals surface area (Å²) >= 11 is 0. The zero-order chi connectivity index (χ0) is 11.9. The van der Waals surface area contributed by atoms with Crippen LogP contribution >= 0.6 is 0 Å². The van der Waals surface area contributed by atoms with Gasteiger partial charge in [-0.2, -0.15) is 0 Å². The van der Waals surface area contributed by atoms with Crippen molar-refractivity contribution in [3.8, 4) is 0 Å². The highest BCUT2D eigenvalue weighted by atomic mass is 16.1. The van der Waals surface area contributed by atoms with Crippen LogP contribution < -0.4 is 0 Å². The van der Waals surface area contributed by atoms with Crippen molar-refractivity contribution in [2.24, 2.45) is 82.9 Å². The van der Waals surface area contributed by atoms with Crippen molar-refractivity contribution < 1.29 is 9.59 Å². The molecule has 0 spiro atoms. The second kappa shape index (κ2) is 1.98. The molecular weight excluding hydrogens is 236 g/mol. The lowest BCUT2D eigenvalue weighted by Gasteiger charge is -2.40. The number of carbonyl (C=O) groups excluding carboxylic acids is 2. The first-order chi connectivity index (χ1) is 9.30. The summed E-state index contributed by atoms with van der Waals surface area (Å²) < 4.78 is 0. The van der Waals surface area contributed by atoms with E-state index >= 15 is 0 Å². The summed E-state index contributed by atoms with van der Waals surface area (Å²) in [6.45, 7) is 0. The van der Waals surface area contributed by atoms with Crippen LogP contribution in [0.5, 0.6) is 0 Å². The highest BCUT2D eigenvalue weighted by Crippen LogP contribution is 2.89. The van der Waals surface area contributed by atoms with E-state index in [0.717, 1.165) is 41.4 Å². The van der Waals surface area contributed by atoms with Crippen LogP contribution in [0.25, 0.3) is 0 Å². The molecule has 8 saturated carbocycles. The lowest BCUT2D eigenvalue weighted by atomic mass is 9.63. The van der Waals surface area contributed by atoms with E-state index in [-0.39, 0.29) is 0 Å². The van der Waals surface area contributed by atoms with Crippen LogP contribution in [-0.4, -0.2) is 11.6 Å². The van der Waals surface area contributed by atoms with E-state index in [1.165, 1.54) is 6.42 Å². The van der Waals surface area contributed by atoms with Gasteiger partial charge in [-0.3, -0.25) is 9.59 Å². The minimum Gasteiger partial charge on any atom is -0.299 e. The van der Waals surface area contributed by atoms with Gasteiger partial charge in [-0.05, 0) is 65.6 Å². The SMILES string of the molecule is O=C1[C@@H]2[C@H]3[C@@H]4C[C@@H]5[C@@H]1[C@@H]1[C@@H]2[C@H]2[C@H]3C(=O)[C@@H]3[C@H]2[C@H]1[C@@H]5[C@@H]43. The molecule has 8 rings (SSSR count). The zero-order valence-corrected chi connectivity index (χ0v) is 10.6. The van der Waals surface area contributed by atoms with E-state index < -0.39 is 0 Å². The van der Waals surface area contributed by atoms with Gasteiger partial charge in [-0.25, -0.2) is 0 Å². The smallest absolute Gasteiger partial charge is 0.140 e. The largest absolute Gasteiger partial charge is 0.299 e. The fourth-order valence-electron chi connectivity index (χ4n) is 10.6. The van der Waals surface area contributed by atoms with Crippen LogP contribution in [0, 0.1) is 82.9 Å². The molecule has 8 aliphatic rings. The minimum atomic E-state index is 0.362. The van der Waals surface area contributed by atoms with Crippen molar-refractivity contribution in [3.05, 3.63) is 0 Å². The molecule has 0 amide bonds. The number of ketones is 2. The van der Waals surface area contributed by atoms with Gasteiger partial charge in [-0.1, -0.05) is 0 Å². The number of hydrogen-bond acceptors (Lipinski definition) is 2. The first kappa shape index (κ1) is 8.59. The lowest BCUT2D eigenvalue weighted by Crippen LogP contribution is -2.43. The zero-order valence-electron chi connectivity index (χ0n) is 10.6. The number of fused-ring (bicyclic) bond motifs is 3. The first-order valence-electron chi connectivity index (χ1n) is 8.38. The molecule has 0 aromatic carbocycles. The van der Waals surface area contributed by atoms with Gasteiger partial charge >= 0.3 is 0 Å². The van der Waals surface area contributed by atoms with Crippen LogP contribution in [0.2, 0.25) is 0 Å². The monoisotopic (exact) mass is 252 g/mol. The fraction of sp³-hybridized carbons (Fsp3) is 0.882. The Hall–Kier alpha value is -0.660. The summed E-state index contributed by atoms with van der Waals surface area (Å²) in [5.74, 6) is 10.3. The summed E-state index contributed by atoms with van der Waals surface area (Å²) in [6, 6.07) is 0. The van der Waals surface area contributed by atoms with E-state index in [1.807, 2.05) is 0 Å². The molecule has 0 aromatic rings. The number of carbonyl (C=O) groups is 2. The Labute approximate surface area is 111 Å². The lowest BCUT2D eigenvalue weighted by molar-refractivity contribution is -0.136. The quantitative estimate of drug-likeness (QED) is 0.650. The molecule has 0 saturated heterocycles. The number of Topliss-reactive ketones (excluding diaryl/α,β-unsaturated/α-hetero) is 2. The molecule has 0 heterocycles. The van der Waals surface area contributed by atoms with Gasteiger partial charge in [0.15, 0.2) is 0 Å². The molecular formula is C17H16O2. The van der Waals surface area contributed by atoms with Crippen LogP contribution in [-0.2, 0) is 9.59 Å². The van der Waals surface area contributed by atoms with Gasteiger partial charge in [0.2, 0.25) is 0 Å². The Morgan fingerprint density at radius 3 is 1.89 bits per heavy atom. The third-order valence-corrected chi connectivity index (χ3v) is 9.82. The molecule has 8 aliphatic carbocycles. The molecule has 2 heteroatoms. The van der Waals surface area contributed by atoms with Crippen molar-refractivity contribution in [1.29, 1.82) is 0 Å². The fourth-order valence-corrected chi connectivity index (χ4v) is 10.6. The normalized spacial score (nSPS) is 84.8. The molecule has 0 aliphatic heterocycles. The third kappa shape index (κ3) is 0.489. The minimum absolute atomic E-state index is 0.362. The summed E-state index contributed by atoms with van der Waals surface area (Å²) in [5, 5.41) is 0. The molecule has 14 atom stereocenters. The van der Waals surface area contributed by atoms with Crippen LogP contribution in [0.15, 0.2) is 0 Å². The summed E-state index contributed by atoms with van der Waals surface area (Å²) in [5.41, 5.74) is 0. The summed E-state index contributed by atoms with van der Waals surface area (Å²) in [6.07, 6.45) is 1.34. The van der Waals surface area contributed by atoms with Crippen LogP contribution in [0.4, 0.5) is 0 Å². The average Bonchev–Trinajstić information content (AvgIpc) is 3.08. The van der Waals surface area contributed by atoms with Gasteiger partial charge in [0.25, 0.3) is 0 Å². The maximum absolute atomic E-state index is 12.9. The predicted octanol–water partition coefficient (Wildman–Crippen LogP) is 1.25. The Kier molecular flexibility index (Phi) is 0.896. The highest BCUT2D eigenvalue weighted by molar-refractivity contribution is 5.96. The summed E-state index contributed by atoms with van der Waals surface area (Å²) in [7, 11) is 0. The molecule has 0 unspecified atom stereocenters. The van der Waals surface area contributed by atoms with Gasteiger partial charge in [0.05, 0.1) is 0 Å². The van der Waals surface area contributed by atoms with E-state index in [1.54, 1.807) is 0 Å². The van der Waals surface area contributed by atoms with Gasteiger partial charge in [-0.15, -0.1) is 0 Å². The molecule has 19 heavy (non-hydrogen) atoms. The maximum Gasteiger partial charge on any atom is 0.140 e. The highest BCUT2D eigenvalue weighted by Gasteiger charge is 2.90. The van der Waals surface area contributed by atoms with E-state index in [2.05, 4.69) is 0 Å². The van der Waals surface area contributed by atoms with Gasteiger partial charge in [0, 0.05) is 23.7 Å². The first-order valence-corrected chi connectivity index (χ1v) is 8.38. The molecule has 2 nitrogen and oxygen atoms in total. The van der Waals surface area contributed by atoms with Crippen molar-refractivity contribution in [3.63, 3.8) is 0 Å². The Bertz CT molecular complexity index is 625. The average molecular weight is 252 g/mol. The predicted molar refractivity (Wildman–Crippen MR) is 63.5 cm³/mol. The van der Waals surface area contributed by atoms with Crippen LogP contribution in [0.1, 0.15) is 6.42 Å². The Balaban J connectivity index is 1.62. The second-order valence-electron chi connectivity index (χ2n) is 9.09. The van der Waals surface area contributed by atoms with E-state index in [4.69, 9.17) is 0 Å². The molecule has 6 bridgehead atoms. The van der Waals surface area contributed by atoms with Gasteiger partial charge in [0.1, 0.15) is 11.6 Å². The van der Waals surface area contributed by atoms with Crippen LogP contribution in [0.3, 0.4) is 0 Å². The number of hydrogen-bond donors (Lipinski definition) is 0. The van der Waals surface area contributed by atoms with Crippen molar-refractivity contribution in [1.82, 2.24) is 0 Å². The molecule has 0 radical (unpaired) electrons. The maximum atomic E-state index is 12.9. The standard InChI is InChI=1S/C17H16O2/c18-16-7-3-1-2-5-4(3)8-9(7)11-12-10(8)13(5)17(19)15(12)6(2)14(11)16/h2-15H,1H2/t2-,3+,4+,5-,6-,7-,8+,9+,10+,11-,12+,13+,14-,15+/m1/s1. The van der Waals surface area contributed by atoms with E-state index in [9.17, 15) is 9.59 Å². The Morgan fingerprint density at radius 2 is 1.11 bits per heavy atom. The molecule has 96 valence electrons. The molecule has 8 fully saturated rings. The molecule has 0 N–H and O–H groups in total. The number of rotatable bonds is 0. The van der Waals surface area contributed by atoms with E-state index in [0.29, 0.717) is 53.0 Å². The van der Waals surface area contributed by atoms with Crippen molar-refractivity contribution in [2.75, 3.05) is 0 Å². The van der Waals surface area contributed by atoms with Crippen molar-refractivity contribution >= 4 is 11.6 Å². The second-order valence-corrected chi connectivity index (χ2v) is 9.09. The Morgan fingerprint density at radius 1 is 0.526 bits per heavy atom. The van der Waals surface area contributed by atoms with Crippen molar-refractivity contribution in [2.45, 2.75) is 6.42 Å².